The first-order chi connectivity index (χ1) is 13.2. The van der Waals surface area contributed by atoms with Gasteiger partial charge >= 0.3 is 0 Å². The number of hydrogen-bond donors (Lipinski definition) is 2. The minimum absolute atomic E-state index is 0.000939. The Kier molecular flexibility index (Phi) is 4.21. The van der Waals surface area contributed by atoms with Crippen LogP contribution in [0.15, 0.2) is 30.3 Å². The van der Waals surface area contributed by atoms with Gasteiger partial charge in [0.15, 0.2) is 4.77 Å². The molecule has 5 rings (SSSR count). The van der Waals surface area contributed by atoms with E-state index in [1.807, 2.05) is 0 Å². The molecule has 7 heteroatoms. The van der Waals surface area contributed by atoms with E-state index in [4.69, 9.17) is 12.2 Å². The Morgan fingerprint density at radius 3 is 2.96 bits per heavy atom. The second-order valence-corrected chi connectivity index (χ2v) is 8.61. The van der Waals surface area contributed by atoms with Gasteiger partial charge in [0.05, 0.1) is 4.88 Å². The van der Waals surface area contributed by atoms with Gasteiger partial charge < -0.3 is 9.88 Å². The lowest BCUT2D eigenvalue weighted by Crippen LogP contribution is -2.25. The second kappa shape index (κ2) is 6.73. The number of aryl methyl sites for hydroxylation is 2. The van der Waals surface area contributed by atoms with Crippen LogP contribution in [-0.2, 0) is 19.3 Å². The Balaban J connectivity index is 1.28. The number of nitrogens with zero attached hydrogens (tertiary/aromatic N) is 2. The van der Waals surface area contributed by atoms with Gasteiger partial charge in [-0.3, -0.25) is 9.89 Å². The molecule has 0 radical (unpaired) electrons. The van der Waals surface area contributed by atoms with Crippen molar-refractivity contribution in [2.75, 3.05) is 6.54 Å². The predicted octanol–water partition coefficient (Wildman–Crippen LogP) is 4.08. The molecule has 1 aromatic carbocycles. The quantitative estimate of drug-likeness (QED) is 0.639. The fraction of sp³-hybridized carbons (Fsp3) is 0.350. The monoisotopic (exact) mass is 396 g/mol. The molecule has 5 nitrogen and oxygen atoms in total. The van der Waals surface area contributed by atoms with Gasteiger partial charge in [0.1, 0.15) is 5.82 Å². The zero-order chi connectivity index (χ0) is 18.4. The maximum absolute atomic E-state index is 12.6. The molecule has 2 aliphatic rings. The van der Waals surface area contributed by atoms with Crippen LogP contribution in [0.5, 0.6) is 0 Å². The van der Waals surface area contributed by atoms with Gasteiger partial charge in [-0.15, -0.1) is 11.3 Å². The molecule has 27 heavy (non-hydrogen) atoms. The maximum Gasteiger partial charge on any atom is 0.261 e. The lowest BCUT2D eigenvalue weighted by atomic mass is 9.91. The molecule has 2 heterocycles. The van der Waals surface area contributed by atoms with E-state index in [0.717, 1.165) is 36.4 Å². The van der Waals surface area contributed by atoms with Gasteiger partial charge in [-0.1, -0.05) is 24.3 Å². The summed E-state index contributed by atoms with van der Waals surface area (Å²) < 4.78 is 2.78. The number of aromatic amines is 1. The number of H-pyrrole nitrogens is 1. The number of rotatable bonds is 5. The molecule has 0 bridgehead atoms. The van der Waals surface area contributed by atoms with Crippen molar-refractivity contribution >= 4 is 29.5 Å². The summed E-state index contributed by atoms with van der Waals surface area (Å²) in [5.41, 5.74) is 3.95. The van der Waals surface area contributed by atoms with E-state index in [0.29, 0.717) is 23.8 Å². The number of thiophene rings is 1. The van der Waals surface area contributed by atoms with Gasteiger partial charge in [-0.05, 0) is 60.7 Å². The minimum Gasteiger partial charge on any atom is -0.351 e. The first kappa shape index (κ1) is 16.9. The van der Waals surface area contributed by atoms with Crippen molar-refractivity contribution in [2.24, 2.45) is 0 Å². The number of benzene rings is 1. The number of nitrogens with one attached hydrogen (secondary N) is 2. The summed E-state index contributed by atoms with van der Waals surface area (Å²) in [4.78, 5) is 14.7. The van der Waals surface area contributed by atoms with Crippen molar-refractivity contribution in [3.63, 3.8) is 0 Å². The lowest BCUT2D eigenvalue weighted by Gasteiger charge is -2.15. The highest BCUT2D eigenvalue weighted by molar-refractivity contribution is 7.71. The van der Waals surface area contributed by atoms with Gasteiger partial charge in [0.25, 0.3) is 5.91 Å². The molecule has 2 N–H and O–H groups in total. The number of carbonyl (C=O) groups is 1. The van der Waals surface area contributed by atoms with Crippen molar-refractivity contribution in [3.05, 3.63) is 56.9 Å². The van der Waals surface area contributed by atoms with E-state index in [9.17, 15) is 4.79 Å². The minimum atomic E-state index is -0.000939. The molecule has 0 saturated heterocycles. The largest absolute Gasteiger partial charge is 0.351 e. The van der Waals surface area contributed by atoms with Crippen molar-refractivity contribution < 1.29 is 4.79 Å². The molecule has 1 fully saturated rings. The van der Waals surface area contributed by atoms with Crippen LogP contribution in [0, 0.1) is 4.77 Å². The third-order valence-electron chi connectivity index (χ3n) is 5.28. The summed E-state index contributed by atoms with van der Waals surface area (Å²) >= 11 is 6.91. The predicted molar refractivity (Wildman–Crippen MR) is 109 cm³/mol. The van der Waals surface area contributed by atoms with E-state index in [-0.39, 0.29) is 5.91 Å². The Hall–Kier alpha value is -2.25. The topological polar surface area (TPSA) is 62.7 Å². The van der Waals surface area contributed by atoms with E-state index in [2.05, 4.69) is 50.4 Å². The third kappa shape index (κ3) is 3.15. The number of carbonyl (C=O) groups excluding carboxylic acids is 1. The number of fused-ring (bicyclic) bond motifs is 3. The fourth-order valence-corrected chi connectivity index (χ4v) is 5.27. The molecular formula is C20H20N4OS2. The molecule has 0 spiro atoms. The van der Waals surface area contributed by atoms with Gasteiger partial charge in [0, 0.05) is 23.9 Å². The van der Waals surface area contributed by atoms with Crippen LogP contribution in [-0.4, -0.2) is 27.2 Å². The SMILES string of the molecule is O=C(NCCc1n[nH]c(=S)n1C1CC1)c1cc2c(s1)-c1ccccc1CC2. The summed E-state index contributed by atoms with van der Waals surface area (Å²) in [5, 5.41) is 10.2. The highest BCUT2D eigenvalue weighted by atomic mass is 32.1. The summed E-state index contributed by atoms with van der Waals surface area (Å²) in [6.45, 7) is 0.560. The highest BCUT2D eigenvalue weighted by Crippen LogP contribution is 2.39. The highest BCUT2D eigenvalue weighted by Gasteiger charge is 2.27. The van der Waals surface area contributed by atoms with E-state index in [1.54, 1.807) is 11.3 Å². The van der Waals surface area contributed by atoms with Gasteiger partial charge in [0.2, 0.25) is 0 Å². The first-order valence-electron chi connectivity index (χ1n) is 9.35. The summed E-state index contributed by atoms with van der Waals surface area (Å²) in [5.74, 6) is 0.932. The van der Waals surface area contributed by atoms with E-state index >= 15 is 0 Å². The number of amides is 1. The van der Waals surface area contributed by atoms with Crippen molar-refractivity contribution in [2.45, 2.75) is 38.1 Å². The zero-order valence-electron chi connectivity index (χ0n) is 14.8. The van der Waals surface area contributed by atoms with Crippen molar-refractivity contribution in [1.82, 2.24) is 20.1 Å². The molecular weight excluding hydrogens is 376 g/mol. The van der Waals surface area contributed by atoms with Crippen LogP contribution in [0.2, 0.25) is 0 Å². The molecule has 0 atom stereocenters. The Labute approximate surface area is 166 Å². The average Bonchev–Trinajstić information content (AvgIpc) is 3.30. The van der Waals surface area contributed by atoms with Crippen LogP contribution < -0.4 is 5.32 Å². The van der Waals surface area contributed by atoms with Gasteiger partial charge in [-0.25, -0.2) is 0 Å². The Morgan fingerprint density at radius 2 is 2.11 bits per heavy atom. The molecule has 3 aromatic rings. The smallest absolute Gasteiger partial charge is 0.261 e. The van der Waals surface area contributed by atoms with Crippen LogP contribution in [0.3, 0.4) is 0 Å². The molecule has 0 aliphatic heterocycles. The Bertz CT molecular complexity index is 1070. The maximum atomic E-state index is 12.6. The summed E-state index contributed by atoms with van der Waals surface area (Å²) in [6, 6.07) is 11.1. The molecule has 2 aliphatic carbocycles. The van der Waals surface area contributed by atoms with Crippen molar-refractivity contribution in [1.29, 1.82) is 0 Å². The zero-order valence-corrected chi connectivity index (χ0v) is 16.5. The number of aromatic nitrogens is 3. The standard InChI is InChI=1S/C20H20N4OS2/c25-19(21-10-9-17-22-23-20(26)24(17)14-7-8-14)16-11-13-6-5-12-3-1-2-4-15(12)18(13)27-16/h1-4,11,14H,5-10H2,(H,21,25)(H,23,26). The molecule has 138 valence electrons. The second-order valence-electron chi connectivity index (χ2n) is 7.17. The molecule has 2 aromatic heterocycles. The van der Waals surface area contributed by atoms with E-state index < -0.39 is 0 Å². The van der Waals surface area contributed by atoms with Crippen LogP contribution in [0.4, 0.5) is 0 Å². The molecule has 1 amide bonds. The molecule has 0 unspecified atom stereocenters. The van der Waals surface area contributed by atoms with Gasteiger partial charge in [-0.2, -0.15) is 5.10 Å². The summed E-state index contributed by atoms with van der Waals surface area (Å²) in [6.07, 6.45) is 5.06. The third-order valence-corrected chi connectivity index (χ3v) is 6.78. The molecule has 1 saturated carbocycles. The summed E-state index contributed by atoms with van der Waals surface area (Å²) in [7, 11) is 0. The van der Waals surface area contributed by atoms with Crippen LogP contribution in [0.25, 0.3) is 10.4 Å². The average molecular weight is 397 g/mol. The van der Waals surface area contributed by atoms with Crippen LogP contribution >= 0.6 is 23.6 Å². The van der Waals surface area contributed by atoms with E-state index in [1.165, 1.54) is 21.6 Å². The Morgan fingerprint density at radius 1 is 1.30 bits per heavy atom. The first-order valence-corrected chi connectivity index (χ1v) is 10.6. The normalized spacial score (nSPS) is 15.3. The number of hydrogen-bond acceptors (Lipinski definition) is 4. The fourth-order valence-electron chi connectivity index (χ4n) is 3.78. The lowest BCUT2D eigenvalue weighted by molar-refractivity contribution is 0.0958. The van der Waals surface area contributed by atoms with Crippen molar-refractivity contribution in [3.8, 4) is 10.4 Å². The van der Waals surface area contributed by atoms with Crippen LogP contribution in [0.1, 0.15) is 45.5 Å².